The molecule has 3 heterocycles. The van der Waals surface area contributed by atoms with E-state index in [2.05, 4.69) is 14.7 Å². The highest BCUT2D eigenvalue weighted by molar-refractivity contribution is 5.86. The van der Waals surface area contributed by atoms with E-state index in [-0.39, 0.29) is 43.2 Å². The zero-order valence-corrected chi connectivity index (χ0v) is 26.0. The number of para-hydroxylation sites is 2. The average molecular weight is 615 g/mol. The van der Waals surface area contributed by atoms with Crippen LogP contribution in [-0.2, 0) is 9.53 Å². The third-order valence-electron chi connectivity index (χ3n) is 8.14. The smallest absolute Gasteiger partial charge is 0.318 e. The molecule has 0 N–H and O–H groups in total. The molecule has 0 atom stereocenters. The topological polar surface area (TPSA) is 45.2 Å². The second-order valence-corrected chi connectivity index (χ2v) is 10.8. The van der Waals surface area contributed by atoms with Crippen LogP contribution in [0.2, 0.25) is 0 Å². The van der Waals surface area contributed by atoms with Crippen molar-refractivity contribution in [3.05, 3.63) is 59.7 Å². The third kappa shape index (κ3) is 9.50. The van der Waals surface area contributed by atoms with Crippen LogP contribution in [0.25, 0.3) is 0 Å². The lowest BCUT2D eigenvalue weighted by Gasteiger charge is -2.35. The highest BCUT2D eigenvalue weighted by atomic mass is 35.5. The van der Waals surface area contributed by atoms with Gasteiger partial charge in [-0.15, -0.1) is 37.2 Å². The Balaban J connectivity index is 0.00000187. The van der Waals surface area contributed by atoms with Gasteiger partial charge in [-0.2, -0.15) is 0 Å². The molecule has 0 saturated carbocycles. The predicted molar refractivity (Wildman–Crippen MR) is 169 cm³/mol. The van der Waals surface area contributed by atoms with Crippen LogP contribution in [0.5, 0.6) is 11.5 Å². The van der Waals surface area contributed by atoms with Crippen LogP contribution >= 0.6 is 37.2 Å². The molecule has 2 aromatic carbocycles. The Morgan fingerprint density at radius 2 is 1.10 bits per heavy atom. The van der Waals surface area contributed by atoms with E-state index in [0.717, 1.165) is 61.8 Å². The molecule has 0 amide bonds. The van der Waals surface area contributed by atoms with Crippen molar-refractivity contribution in [3.8, 4) is 11.5 Å². The second kappa shape index (κ2) is 18.1. The largest absolute Gasteiger partial charge is 0.465 e. The number of benzene rings is 2. The zero-order chi connectivity index (χ0) is 25.3. The number of likely N-dealkylation sites (tertiary alicyclic amines) is 1. The van der Waals surface area contributed by atoms with Gasteiger partial charge in [0.1, 0.15) is 17.4 Å². The fraction of sp³-hybridized carbons (Fsp3) is 0.581. The summed E-state index contributed by atoms with van der Waals surface area (Å²) in [4.78, 5) is 21.0. The minimum atomic E-state index is -0.427. The molecule has 2 fully saturated rings. The van der Waals surface area contributed by atoms with Crippen molar-refractivity contribution in [1.29, 1.82) is 0 Å². The van der Waals surface area contributed by atoms with E-state index in [1.807, 2.05) is 48.5 Å². The summed E-state index contributed by atoms with van der Waals surface area (Å²) in [5.74, 6) is 0.863. The van der Waals surface area contributed by atoms with Gasteiger partial charge < -0.3 is 24.2 Å². The van der Waals surface area contributed by atoms with Gasteiger partial charge in [-0.25, -0.2) is 0 Å². The first kappa shape index (κ1) is 34.7. The molecule has 0 radical (unpaired) electrons. The fourth-order valence-corrected chi connectivity index (χ4v) is 6.00. The Kier molecular flexibility index (Phi) is 15.7. The molecule has 40 heavy (non-hydrogen) atoms. The maximum Gasteiger partial charge on any atom is 0.318 e. The number of rotatable bonds is 9. The molecule has 0 unspecified atom stereocenters. The molecule has 2 saturated heterocycles. The van der Waals surface area contributed by atoms with Crippen molar-refractivity contribution < 1.29 is 14.3 Å². The summed E-state index contributed by atoms with van der Waals surface area (Å²) in [6.07, 6.45) is 9.17. The highest BCUT2D eigenvalue weighted by Crippen LogP contribution is 2.44. The van der Waals surface area contributed by atoms with Crippen molar-refractivity contribution in [1.82, 2.24) is 14.7 Å². The van der Waals surface area contributed by atoms with Gasteiger partial charge in [0, 0.05) is 43.9 Å². The minimum Gasteiger partial charge on any atom is -0.465 e. The van der Waals surface area contributed by atoms with Gasteiger partial charge in [0.15, 0.2) is 0 Å². The highest BCUT2D eigenvalue weighted by Gasteiger charge is 2.33. The molecule has 6 nitrogen and oxygen atoms in total. The molecule has 3 aliphatic rings. The quantitative estimate of drug-likeness (QED) is 0.241. The van der Waals surface area contributed by atoms with Crippen molar-refractivity contribution in [2.45, 2.75) is 50.9 Å². The van der Waals surface area contributed by atoms with Crippen molar-refractivity contribution in [2.24, 2.45) is 0 Å². The molecule has 0 aromatic heterocycles. The van der Waals surface area contributed by atoms with E-state index in [4.69, 9.17) is 9.47 Å². The molecule has 5 rings (SSSR count). The summed E-state index contributed by atoms with van der Waals surface area (Å²) >= 11 is 0. The maximum atomic E-state index is 13.2. The van der Waals surface area contributed by atoms with Crippen LogP contribution in [0, 0.1) is 0 Å². The summed E-state index contributed by atoms with van der Waals surface area (Å²) in [6, 6.07) is 15.5. The number of piperazine rings is 1. The SMILES string of the molecule is Cl.Cl.Cl.O=C(OCCCN1CCN(CCCN2CCCCCCC2)CC1)C1c2ccccc2Oc2ccccc21. The Bertz CT molecular complexity index is 967. The maximum absolute atomic E-state index is 13.2. The number of carbonyl (C=O) groups excluding carboxylic acids is 1. The monoisotopic (exact) mass is 613 g/mol. The minimum absolute atomic E-state index is 0. The molecule has 0 aliphatic carbocycles. The van der Waals surface area contributed by atoms with Gasteiger partial charge in [0.25, 0.3) is 0 Å². The Labute approximate surface area is 259 Å². The molecule has 2 aromatic rings. The van der Waals surface area contributed by atoms with Crippen LogP contribution in [0.4, 0.5) is 0 Å². The summed E-state index contributed by atoms with van der Waals surface area (Å²) < 4.78 is 11.8. The standard InChI is InChI=1S/C31H43N3O3.3ClH/c35-31(30-26-12-4-6-14-28(26)37-29-15-7-5-13-27(29)30)36-25-11-20-34-23-21-33(22-24-34)19-10-18-32-16-8-2-1-3-9-17-32;;;/h4-7,12-15,30H,1-3,8-11,16-25H2;3*1H. The van der Waals surface area contributed by atoms with E-state index in [0.29, 0.717) is 6.61 Å². The van der Waals surface area contributed by atoms with Crippen LogP contribution in [0.3, 0.4) is 0 Å². The zero-order valence-electron chi connectivity index (χ0n) is 23.5. The third-order valence-corrected chi connectivity index (χ3v) is 8.14. The number of nitrogens with zero attached hydrogens (tertiary/aromatic N) is 3. The van der Waals surface area contributed by atoms with Crippen LogP contribution in [0.1, 0.15) is 62.0 Å². The fourth-order valence-electron chi connectivity index (χ4n) is 6.00. The number of fused-ring (bicyclic) bond motifs is 2. The van der Waals surface area contributed by atoms with Crippen molar-refractivity contribution >= 4 is 43.2 Å². The summed E-state index contributed by atoms with van der Waals surface area (Å²) in [5, 5.41) is 0. The molecule has 9 heteroatoms. The average Bonchev–Trinajstić information content (AvgIpc) is 2.91. The number of halogens is 3. The van der Waals surface area contributed by atoms with Gasteiger partial charge >= 0.3 is 5.97 Å². The molecule has 0 spiro atoms. The lowest BCUT2D eigenvalue weighted by molar-refractivity contribution is -0.144. The Morgan fingerprint density at radius 3 is 1.65 bits per heavy atom. The van der Waals surface area contributed by atoms with E-state index >= 15 is 0 Å². The van der Waals surface area contributed by atoms with E-state index in [1.165, 1.54) is 64.7 Å². The first-order chi connectivity index (χ1) is 18.3. The van der Waals surface area contributed by atoms with Crippen LogP contribution < -0.4 is 4.74 Å². The van der Waals surface area contributed by atoms with Gasteiger partial charge in [0.05, 0.1) is 6.61 Å². The normalized spacial score (nSPS) is 18.3. The number of ether oxygens (including phenoxy) is 2. The summed E-state index contributed by atoms with van der Waals surface area (Å²) in [7, 11) is 0. The number of hydrogen-bond acceptors (Lipinski definition) is 6. The van der Waals surface area contributed by atoms with Crippen molar-refractivity contribution in [2.75, 3.05) is 65.5 Å². The Morgan fingerprint density at radius 1 is 0.650 bits per heavy atom. The Hall–Kier alpha value is -1.54. The predicted octanol–water partition coefficient (Wildman–Crippen LogP) is 6.40. The first-order valence-electron chi connectivity index (χ1n) is 14.5. The van der Waals surface area contributed by atoms with Crippen molar-refractivity contribution in [3.63, 3.8) is 0 Å². The van der Waals surface area contributed by atoms with Crippen LogP contribution in [0.15, 0.2) is 48.5 Å². The molecular formula is C31H46Cl3N3O3. The molecule has 3 aliphatic heterocycles. The summed E-state index contributed by atoms with van der Waals surface area (Å²) in [6.45, 7) is 11.0. The molecule has 0 bridgehead atoms. The van der Waals surface area contributed by atoms with E-state index in [1.54, 1.807) is 0 Å². The lowest BCUT2D eigenvalue weighted by Crippen LogP contribution is -2.47. The van der Waals surface area contributed by atoms with E-state index < -0.39 is 5.92 Å². The first-order valence-corrected chi connectivity index (χ1v) is 14.5. The number of esters is 1. The molecule has 224 valence electrons. The van der Waals surface area contributed by atoms with Gasteiger partial charge in [-0.1, -0.05) is 55.7 Å². The van der Waals surface area contributed by atoms with Gasteiger partial charge in [-0.05, 0) is 64.0 Å². The van der Waals surface area contributed by atoms with Gasteiger partial charge in [-0.3, -0.25) is 4.79 Å². The van der Waals surface area contributed by atoms with Gasteiger partial charge in [0.2, 0.25) is 0 Å². The number of carbonyl (C=O) groups is 1. The van der Waals surface area contributed by atoms with Crippen LogP contribution in [-0.4, -0.2) is 86.2 Å². The lowest BCUT2D eigenvalue weighted by atomic mass is 9.88. The second-order valence-electron chi connectivity index (χ2n) is 10.8. The number of hydrogen-bond donors (Lipinski definition) is 0. The van der Waals surface area contributed by atoms with E-state index in [9.17, 15) is 4.79 Å². The summed E-state index contributed by atoms with van der Waals surface area (Å²) in [5.41, 5.74) is 1.77. The molecular weight excluding hydrogens is 569 g/mol.